The summed E-state index contributed by atoms with van der Waals surface area (Å²) in [5.74, 6) is 0. The lowest BCUT2D eigenvalue weighted by Crippen LogP contribution is -2.39. The van der Waals surface area contributed by atoms with Gasteiger partial charge in [-0.3, -0.25) is 0 Å². The number of sulfonamides is 1. The van der Waals surface area contributed by atoms with Crippen LogP contribution in [-0.4, -0.2) is 32.0 Å². The molecule has 0 bridgehead atoms. The van der Waals surface area contributed by atoms with Gasteiger partial charge in [-0.05, 0) is 23.6 Å². The summed E-state index contributed by atoms with van der Waals surface area (Å²) in [6, 6.07) is 4.63. The predicted molar refractivity (Wildman–Crippen MR) is 74.2 cm³/mol. The summed E-state index contributed by atoms with van der Waals surface area (Å²) in [7, 11) is -4.20. The van der Waals surface area contributed by atoms with Gasteiger partial charge in [0, 0.05) is 13.1 Å². The minimum absolute atomic E-state index is 0.0981. The Kier molecular flexibility index (Phi) is 5.77. The van der Waals surface area contributed by atoms with Gasteiger partial charge in [0.25, 0.3) is 0 Å². The van der Waals surface area contributed by atoms with Crippen LogP contribution in [-0.2, 0) is 23.0 Å². The van der Waals surface area contributed by atoms with Gasteiger partial charge >= 0.3 is 6.18 Å². The Bertz CT molecular complexity index is 586. The van der Waals surface area contributed by atoms with Crippen LogP contribution in [0.3, 0.4) is 0 Å². The molecule has 0 aromatic heterocycles. The molecular formula is C13H19F3N2O2S. The predicted octanol–water partition coefficient (Wildman–Crippen LogP) is 2.28. The van der Waals surface area contributed by atoms with Crippen molar-refractivity contribution in [3.8, 4) is 0 Å². The molecule has 0 fully saturated rings. The van der Waals surface area contributed by atoms with Gasteiger partial charge in [0.2, 0.25) is 10.0 Å². The summed E-state index contributed by atoms with van der Waals surface area (Å²) < 4.78 is 63.0. The monoisotopic (exact) mass is 324 g/mol. The van der Waals surface area contributed by atoms with Crippen LogP contribution in [0.25, 0.3) is 0 Å². The average Bonchev–Trinajstić information content (AvgIpc) is 2.42. The van der Waals surface area contributed by atoms with Crippen LogP contribution >= 0.6 is 0 Å². The minimum atomic E-state index is -4.58. The third-order valence-corrected chi connectivity index (χ3v) is 5.08. The van der Waals surface area contributed by atoms with Crippen LogP contribution in [0.4, 0.5) is 13.2 Å². The van der Waals surface area contributed by atoms with E-state index in [4.69, 9.17) is 5.73 Å². The topological polar surface area (TPSA) is 63.4 Å². The first-order valence-electron chi connectivity index (χ1n) is 6.54. The van der Waals surface area contributed by atoms with E-state index in [2.05, 4.69) is 0 Å². The van der Waals surface area contributed by atoms with E-state index in [0.717, 1.165) is 0 Å². The van der Waals surface area contributed by atoms with Crippen LogP contribution in [0, 0.1) is 0 Å². The second-order valence-corrected chi connectivity index (χ2v) is 6.45. The minimum Gasteiger partial charge on any atom is -0.326 e. The van der Waals surface area contributed by atoms with E-state index in [9.17, 15) is 21.6 Å². The number of rotatable bonds is 6. The molecule has 1 rings (SSSR count). The van der Waals surface area contributed by atoms with E-state index in [0.29, 0.717) is 21.9 Å². The van der Waals surface area contributed by atoms with Crippen molar-refractivity contribution in [2.24, 2.45) is 5.73 Å². The molecule has 2 N–H and O–H groups in total. The van der Waals surface area contributed by atoms with Crippen molar-refractivity contribution < 1.29 is 21.6 Å². The maximum Gasteiger partial charge on any atom is 0.402 e. The van der Waals surface area contributed by atoms with Gasteiger partial charge in [-0.25, -0.2) is 8.42 Å². The molecule has 0 heterocycles. The molecule has 0 unspecified atom stereocenters. The summed E-state index contributed by atoms with van der Waals surface area (Å²) in [5, 5.41) is 0. The Morgan fingerprint density at radius 3 is 2.29 bits per heavy atom. The summed E-state index contributed by atoms with van der Waals surface area (Å²) in [6.45, 7) is 1.50. The standard InChI is InChI=1S/C13H19F3N2O2S/c1-3-11-6-5-10(8-17)7-12(11)21(19,20)18(4-2)9-13(14,15)16/h5-7H,3-4,8-9,17H2,1-2H3. The van der Waals surface area contributed by atoms with E-state index in [1.165, 1.54) is 13.0 Å². The zero-order chi connectivity index (χ0) is 16.3. The second-order valence-electron chi connectivity index (χ2n) is 4.55. The number of alkyl halides is 3. The number of aryl methyl sites for hydroxylation is 1. The molecule has 120 valence electrons. The highest BCUT2D eigenvalue weighted by Gasteiger charge is 2.36. The fraction of sp³-hybridized carbons (Fsp3) is 0.538. The Morgan fingerprint density at radius 1 is 1.24 bits per heavy atom. The first-order valence-corrected chi connectivity index (χ1v) is 7.98. The van der Waals surface area contributed by atoms with Crippen LogP contribution in [0.5, 0.6) is 0 Å². The van der Waals surface area contributed by atoms with Gasteiger partial charge in [0.1, 0.15) is 6.54 Å². The van der Waals surface area contributed by atoms with Crippen molar-refractivity contribution in [1.29, 1.82) is 0 Å². The quantitative estimate of drug-likeness (QED) is 0.873. The first-order chi connectivity index (χ1) is 9.65. The lowest BCUT2D eigenvalue weighted by Gasteiger charge is -2.23. The van der Waals surface area contributed by atoms with E-state index in [1.54, 1.807) is 19.1 Å². The number of benzene rings is 1. The lowest BCUT2D eigenvalue weighted by molar-refractivity contribution is -0.135. The number of hydrogen-bond donors (Lipinski definition) is 1. The number of halogens is 3. The molecule has 0 spiro atoms. The molecular weight excluding hydrogens is 305 g/mol. The summed E-state index contributed by atoms with van der Waals surface area (Å²) in [6.07, 6.45) is -4.18. The van der Waals surface area contributed by atoms with Crippen molar-refractivity contribution in [1.82, 2.24) is 4.31 Å². The Morgan fingerprint density at radius 2 is 1.86 bits per heavy atom. The normalized spacial score (nSPS) is 12.9. The summed E-state index contributed by atoms with van der Waals surface area (Å²) in [5.41, 5.74) is 6.52. The molecule has 0 aliphatic heterocycles. The maximum atomic E-state index is 12.5. The van der Waals surface area contributed by atoms with Gasteiger partial charge in [-0.15, -0.1) is 0 Å². The van der Waals surface area contributed by atoms with Crippen molar-refractivity contribution >= 4 is 10.0 Å². The molecule has 0 aliphatic carbocycles. The smallest absolute Gasteiger partial charge is 0.326 e. The third kappa shape index (κ3) is 4.42. The van der Waals surface area contributed by atoms with Crippen molar-refractivity contribution in [2.75, 3.05) is 13.1 Å². The fourth-order valence-corrected chi connectivity index (χ4v) is 3.74. The van der Waals surface area contributed by atoms with Gasteiger partial charge in [0.05, 0.1) is 4.90 Å². The maximum absolute atomic E-state index is 12.5. The van der Waals surface area contributed by atoms with E-state index >= 15 is 0 Å². The first kappa shape index (κ1) is 17.9. The molecule has 0 aliphatic rings. The Balaban J connectivity index is 3.34. The molecule has 0 radical (unpaired) electrons. The van der Waals surface area contributed by atoms with E-state index in [-0.39, 0.29) is 18.0 Å². The van der Waals surface area contributed by atoms with Gasteiger partial charge in [-0.1, -0.05) is 26.0 Å². The van der Waals surface area contributed by atoms with E-state index in [1.807, 2.05) is 0 Å². The highest BCUT2D eigenvalue weighted by molar-refractivity contribution is 7.89. The second kappa shape index (κ2) is 6.76. The fourth-order valence-electron chi connectivity index (χ4n) is 1.96. The molecule has 1 aromatic carbocycles. The Labute approximate surface area is 122 Å². The molecule has 0 saturated heterocycles. The zero-order valence-corrected chi connectivity index (χ0v) is 12.8. The van der Waals surface area contributed by atoms with Gasteiger partial charge in [0.15, 0.2) is 0 Å². The Hall–Kier alpha value is -1.12. The van der Waals surface area contributed by atoms with Crippen molar-refractivity contribution in [2.45, 2.75) is 37.9 Å². The van der Waals surface area contributed by atoms with Gasteiger partial charge < -0.3 is 5.73 Å². The van der Waals surface area contributed by atoms with Crippen molar-refractivity contribution in [3.05, 3.63) is 29.3 Å². The molecule has 8 heteroatoms. The lowest BCUT2D eigenvalue weighted by atomic mass is 10.1. The van der Waals surface area contributed by atoms with Crippen molar-refractivity contribution in [3.63, 3.8) is 0 Å². The molecule has 0 atom stereocenters. The largest absolute Gasteiger partial charge is 0.402 e. The zero-order valence-electron chi connectivity index (χ0n) is 11.9. The highest BCUT2D eigenvalue weighted by Crippen LogP contribution is 2.26. The number of nitrogens with zero attached hydrogens (tertiary/aromatic N) is 1. The molecule has 21 heavy (non-hydrogen) atoms. The summed E-state index contributed by atoms with van der Waals surface area (Å²) >= 11 is 0. The third-order valence-electron chi connectivity index (χ3n) is 3.07. The SMILES string of the molecule is CCc1ccc(CN)cc1S(=O)(=O)N(CC)CC(F)(F)F. The van der Waals surface area contributed by atoms with Gasteiger partial charge in [-0.2, -0.15) is 17.5 Å². The molecule has 4 nitrogen and oxygen atoms in total. The highest BCUT2D eigenvalue weighted by atomic mass is 32.2. The van der Waals surface area contributed by atoms with Crippen LogP contribution in [0.2, 0.25) is 0 Å². The number of nitrogens with two attached hydrogens (primary N) is 1. The van der Waals surface area contributed by atoms with Crippen LogP contribution < -0.4 is 5.73 Å². The van der Waals surface area contributed by atoms with Crippen LogP contribution in [0.15, 0.2) is 23.1 Å². The summed E-state index contributed by atoms with van der Waals surface area (Å²) in [4.78, 5) is -0.0981. The molecule has 0 amide bonds. The molecule has 1 aromatic rings. The number of hydrogen-bond acceptors (Lipinski definition) is 3. The van der Waals surface area contributed by atoms with Crippen LogP contribution in [0.1, 0.15) is 25.0 Å². The average molecular weight is 324 g/mol. The van der Waals surface area contributed by atoms with E-state index < -0.39 is 22.7 Å². The molecule has 0 saturated carbocycles.